The van der Waals surface area contributed by atoms with Gasteiger partial charge in [0, 0.05) is 17.7 Å². The van der Waals surface area contributed by atoms with E-state index >= 15 is 0 Å². The van der Waals surface area contributed by atoms with Gasteiger partial charge in [0.1, 0.15) is 5.03 Å². The van der Waals surface area contributed by atoms with Gasteiger partial charge in [-0.25, -0.2) is 4.79 Å². The molecule has 1 aliphatic carbocycles. The van der Waals surface area contributed by atoms with E-state index in [1.54, 1.807) is 0 Å². The summed E-state index contributed by atoms with van der Waals surface area (Å²) in [4.78, 5) is 34.5. The minimum atomic E-state index is -1.13. The standard InChI is InChI=1S/C11H6Cl2O5/c1-17-7-3-5(14)4(2-6(7)15)10-8(12)9(13)11(16)18-10/h2-3,10H,1H3/t10-/m1/s1. The van der Waals surface area contributed by atoms with Crippen molar-refractivity contribution in [1.29, 1.82) is 0 Å². The van der Waals surface area contributed by atoms with Crippen molar-refractivity contribution in [3.63, 3.8) is 0 Å². The van der Waals surface area contributed by atoms with Crippen molar-refractivity contribution in [3.8, 4) is 0 Å². The molecular formula is C11H6Cl2O5. The molecule has 0 radical (unpaired) electrons. The summed E-state index contributed by atoms with van der Waals surface area (Å²) in [7, 11) is 1.27. The van der Waals surface area contributed by atoms with Gasteiger partial charge in [-0.3, -0.25) is 9.59 Å². The van der Waals surface area contributed by atoms with Crippen molar-refractivity contribution >= 4 is 40.7 Å². The van der Waals surface area contributed by atoms with Crippen LogP contribution in [0.1, 0.15) is 0 Å². The first-order chi connectivity index (χ1) is 8.45. The quantitative estimate of drug-likeness (QED) is 0.564. The molecule has 94 valence electrons. The van der Waals surface area contributed by atoms with Crippen molar-refractivity contribution in [2.75, 3.05) is 7.11 Å². The van der Waals surface area contributed by atoms with Crippen LogP contribution in [0.5, 0.6) is 0 Å². The van der Waals surface area contributed by atoms with Crippen LogP contribution in [0.3, 0.4) is 0 Å². The van der Waals surface area contributed by atoms with Gasteiger partial charge in [-0.15, -0.1) is 0 Å². The molecule has 0 fully saturated rings. The van der Waals surface area contributed by atoms with Gasteiger partial charge in [0.15, 0.2) is 17.6 Å². The number of allylic oxidation sites excluding steroid dienone is 2. The highest BCUT2D eigenvalue weighted by Crippen LogP contribution is 2.34. The van der Waals surface area contributed by atoms with E-state index in [1.807, 2.05) is 0 Å². The number of ketones is 2. The normalized spacial score (nSPS) is 23.9. The first-order valence-electron chi connectivity index (χ1n) is 4.77. The number of hydrogen-bond acceptors (Lipinski definition) is 5. The molecule has 0 unspecified atom stereocenters. The van der Waals surface area contributed by atoms with Gasteiger partial charge in [-0.2, -0.15) is 0 Å². The first-order valence-corrected chi connectivity index (χ1v) is 5.53. The maximum Gasteiger partial charge on any atom is 0.352 e. The van der Waals surface area contributed by atoms with Crippen LogP contribution in [-0.4, -0.2) is 30.7 Å². The number of methoxy groups -OCH3 is 1. The van der Waals surface area contributed by atoms with Crippen LogP contribution >= 0.6 is 23.2 Å². The molecule has 1 atom stereocenters. The molecule has 0 bridgehead atoms. The summed E-state index contributed by atoms with van der Waals surface area (Å²) in [6.07, 6.45) is 0.913. The third-order valence-corrected chi connectivity index (χ3v) is 3.26. The van der Waals surface area contributed by atoms with E-state index in [1.165, 1.54) is 7.11 Å². The van der Waals surface area contributed by atoms with E-state index in [-0.39, 0.29) is 21.4 Å². The van der Waals surface area contributed by atoms with E-state index in [4.69, 9.17) is 32.7 Å². The van der Waals surface area contributed by atoms with Crippen LogP contribution in [0.2, 0.25) is 0 Å². The second-order valence-corrected chi connectivity index (χ2v) is 4.27. The van der Waals surface area contributed by atoms with Crippen LogP contribution in [0.15, 0.2) is 33.5 Å². The van der Waals surface area contributed by atoms with E-state index in [2.05, 4.69) is 0 Å². The summed E-state index contributed by atoms with van der Waals surface area (Å²) in [5.41, 5.74) is -0.0465. The van der Waals surface area contributed by atoms with Crippen molar-refractivity contribution in [1.82, 2.24) is 0 Å². The fourth-order valence-corrected chi connectivity index (χ4v) is 1.93. The Hall–Kier alpha value is -1.59. The lowest BCUT2D eigenvalue weighted by molar-refractivity contribution is -0.138. The lowest BCUT2D eigenvalue weighted by Crippen LogP contribution is -2.24. The molecule has 0 N–H and O–H groups in total. The molecule has 0 amide bonds. The van der Waals surface area contributed by atoms with Gasteiger partial charge in [0.05, 0.1) is 12.1 Å². The van der Waals surface area contributed by atoms with Gasteiger partial charge in [-0.1, -0.05) is 23.2 Å². The van der Waals surface area contributed by atoms with Crippen molar-refractivity contribution in [2.45, 2.75) is 6.10 Å². The van der Waals surface area contributed by atoms with Crippen LogP contribution in [0.4, 0.5) is 0 Å². The molecule has 2 aliphatic rings. The molecule has 2 rings (SSSR count). The molecule has 0 saturated heterocycles. The lowest BCUT2D eigenvalue weighted by Gasteiger charge is -2.16. The molecule has 18 heavy (non-hydrogen) atoms. The smallest absolute Gasteiger partial charge is 0.352 e. The highest BCUT2D eigenvalue weighted by molar-refractivity contribution is 6.49. The number of hydrogen-bond donors (Lipinski definition) is 0. The van der Waals surface area contributed by atoms with E-state index in [0.717, 1.165) is 12.2 Å². The van der Waals surface area contributed by atoms with Gasteiger partial charge in [0.2, 0.25) is 5.78 Å². The highest BCUT2D eigenvalue weighted by atomic mass is 35.5. The van der Waals surface area contributed by atoms with Gasteiger partial charge in [-0.05, 0) is 0 Å². The van der Waals surface area contributed by atoms with Crippen molar-refractivity contribution < 1.29 is 23.9 Å². The van der Waals surface area contributed by atoms with Crippen LogP contribution in [-0.2, 0) is 23.9 Å². The predicted molar refractivity (Wildman–Crippen MR) is 61.8 cm³/mol. The largest absolute Gasteiger partial charge is 0.493 e. The molecule has 5 nitrogen and oxygen atoms in total. The summed E-state index contributed by atoms with van der Waals surface area (Å²) in [5.74, 6) is -1.93. The maximum absolute atomic E-state index is 11.8. The molecule has 1 aliphatic heterocycles. The molecule has 7 heteroatoms. The number of halogens is 2. The van der Waals surface area contributed by atoms with Gasteiger partial charge < -0.3 is 9.47 Å². The number of esters is 1. The zero-order chi connectivity index (χ0) is 13.4. The van der Waals surface area contributed by atoms with Gasteiger partial charge >= 0.3 is 5.97 Å². The summed E-state index contributed by atoms with van der Waals surface area (Å²) < 4.78 is 9.55. The zero-order valence-corrected chi connectivity index (χ0v) is 10.5. The fraction of sp³-hybridized carbons (Fsp3) is 0.182. The third kappa shape index (κ3) is 1.95. The first kappa shape index (κ1) is 12.9. The Morgan fingerprint density at radius 2 is 1.83 bits per heavy atom. The summed E-state index contributed by atoms with van der Waals surface area (Å²) in [6, 6.07) is 0. The predicted octanol–water partition coefficient (Wildman–Crippen LogP) is 1.21. The monoisotopic (exact) mass is 288 g/mol. The number of carbonyl (C=O) groups excluding carboxylic acids is 3. The molecule has 0 spiro atoms. The number of cyclic esters (lactones) is 1. The second-order valence-electron chi connectivity index (χ2n) is 3.49. The Balaban J connectivity index is 2.36. The fourth-order valence-electron chi connectivity index (χ4n) is 1.54. The Morgan fingerprint density at radius 1 is 1.17 bits per heavy atom. The highest BCUT2D eigenvalue weighted by Gasteiger charge is 2.38. The summed E-state index contributed by atoms with van der Waals surface area (Å²) in [5, 5.41) is -0.396. The van der Waals surface area contributed by atoms with Crippen molar-refractivity contribution in [3.05, 3.63) is 33.5 Å². The summed E-state index contributed by atoms with van der Waals surface area (Å²) >= 11 is 11.4. The van der Waals surface area contributed by atoms with E-state index in [9.17, 15) is 14.4 Å². The number of ether oxygens (including phenoxy) is 2. The molecule has 0 saturated carbocycles. The van der Waals surface area contributed by atoms with Gasteiger partial charge in [0.25, 0.3) is 0 Å². The average Bonchev–Trinajstić information content (AvgIpc) is 2.59. The topological polar surface area (TPSA) is 69.7 Å². The maximum atomic E-state index is 11.8. The molecule has 0 aromatic carbocycles. The average molecular weight is 289 g/mol. The lowest BCUT2D eigenvalue weighted by atomic mass is 9.97. The Morgan fingerprint density at radius 3 is 2.33 bits per heavy atom. The summed E-state index contributed by atoms with van der Waals surface area (Å²) in [6.45, 7) is 0. The number of carbonyl (C=O) groups is 3. The third-order valence-electron chi connectivity index (χ3n) is 2.42. The van der Waals surface area contributed by atoms with Crippen LogP contribution in [0.25, 0.3) is 0 Å². The molecule has 0 aromatic rings. The zero-order valence-electron chi connectivity index (χ0n) is 9.03. The Kier molecular flexibility index (Phi) is 3.28. The molecule has 0 aromatic heterocycles. The van der Waals surface area contributed by atoms with Crippen LogP contribution in [0, 0.1) is 0 Å². The SMILES string of the molecule is COC1=CC(=O)C([C@H]2OC(=O)C(Cl)=C2Cl)=CC1=O. The second kappa shape index (κ2) is 4.59. The van der Waals surface area contributed by atoms with Crippen LogP contribution < -0.4 is 0 Å². The van der Waals surface area contributed by atoms with E-state index < -0.39 is 23.6 Å². The molecule has 1 heterocycles. The Labute approximate surface area is 112 Å². The minimum absolute atomic E-state index is 0.0465. The van der Waals surface area contributed by atoms with Crippen molar-refractivity contribution in [2.24, 2.45) is 0 Å². The number of rotatable bonds is 2. The molecular weight excluding hydrogens is 283 g/mol. The minimum Gasteiger partial charge on any atom is -0.493 e. The Bertz CT molecular complexity index is 556. The van der Waals surface area contributed by atoms with E-state index in [0.29, 0.717) is 0 Å².